The lowest BCUT2D eigenvalue weighted by Gasteiger charge is -2.07. The fourth-order valence-electron chi connectivity index (χ4n) is 1.44. The molecule has 0 aliphatic heterocycles. The lowest BCUT2D eigenvalue weighted by atomic mass is 10.2. The SMILES string of the molecule is CCS(=O)(=O)Nc1ccc(C(=O)NC2CC2)cc1. The summed E-state index contributed by atoms with van der Waals surface area (Å²) in [4.78, 5) is 11.7. The summed E-state index contributed by atoms with van der Waals surface area (Å²) in [5, 5.41) is 2.87. The molecule has 5 nitrogen and oxygen atoms in total. The third-order valence-electron chi connectivity index (χ3n) is 2.71. The van der Waals surface area contributed by atoms with Crippen molar-refractivity contribution in [2.45, 2.75) is 25.8 Å². The van der Waals surface area contributed by atoms with E-state index in [0.717, 1.165) is 12.8 Å². The van der Waals surface area contributed by atoms with Crippen molar-refractivity contribution in [2.75, 3.05) is 10.5 Å². The number of carbonyl (C=O) groups is 1. The van der Waals surface area contributed by atoms with E-state index in [2.05, 4.69) is 10.0 Å². The number of hydrogen-bond acceptors (Lipinski definition) is 3. The first-order valence-electron chi connectivity index (χ1n) is 5.91. The highest BCUT2D eigenvalue weighted by Gasteiger charge is 2.23. The molecular formula is C12H16N2O3S. The molecule has 1 aromatic carbocycles. The Labute approximate surface area is 107 Å². The Kier molecular flexibility index (Phi) is 3.56. The highest BCUT2D eigenvalue weighted by Crippen LogP contribution is 2.19. The van der Waals surface area contributed by atoms with Gasteiger partial charge in [-0.15, -0.1) is 0 Å². The van der Waals surface area contributed by atoms with Crippen molar-refractivity contribution >= 4 is 21.6 Å². The molecule has 1 saturated carbocycles. The van der Waals surface area contributed by atoms with Gasteiger partial charge in [-0.05, 0) is 44.0 Å². The molecule has 18 heavy (non-hydrogen) atoms. The van der Waals surface area contributed by atoms with E-state index in [4.69, 9.17) is 0 Å². The fraction of sp³-hybridized carbons (Fsp3) is 0.417. The van der Waals surface area contributed by atoms with E-state index in [1.54, 1.807) is 31.2 Å². The quantitative estimate of drug-likeness (QED) is 0.846. The molecule has 0 heterocycles. The van der Waals surface area contributed by atoms with Crippen LogP contribution in [0.4, 0.5) is 5.69 Å². The van der Waals surface area contributed by atoms with Crippen molar-refractivity contribution in [3.8, 4) is 0 Å². The molecule has 1 aromatic rings. The molecule has 0 bridgehead atoms. The number of amides is 1. The van der Waals surface area contributed by atoms with Crippen LogP contribution in [0.15, 0.2) is 24.3 Å². The number of rotatable bonds is 5. The standard InChI is InChI=1S/C12H16N2O3S/c1-2-18(16,17)14-11-5-3-9(4-6-11)12(15)13-10-7-8-10/h3-6,10,14H,2,7-8H2,1H3,(H,13,15). The largest absolute Gasteiger partial charge is 0.349 e. The van der Waals surface area contributed by atoms with E-state index in [1.807, 2.05) is 0 Å². The smallest absolute Gasteiger partial charge is 0.251 e. The second-order valence-corrected chi connectivity index (χ2v) is 6.34. The van der Waals surface area contributed by atoms with E-state index in [9.17, 15) is 13.2 Å². The van der Waals surface area contributed by atoms with E-state index < -0.39 is 10.0 Å². The van der Waals surface area contributed by atoms with E-state index >= 15 is 0 Å². The van der Waals surface area contributed by atoms with Gasteiger partial charge in [0.1, 0.15) is 0 Å². The second kappa shape index (κ2) is 4.97. The third-order valence-corrected chi connectivity index (χ3v) is 4.02. The van der Waals surface area contributed by atoms with Crippen LogP contribution in [0, 0.1) is 0 Å². The van der Waals surface area contributed by atoms with Gasteiger partial charge in [0.2, 0.25) is 10.0 Å². The van der Waals surface area contributed by atoms with Gasteiger partial charge < -0.3 is 5.32 Å². The zero-order valence-electron chi connectivity index (χ0n) is 10.1. The number of nitrogens with one attached hydrogen (secondary N) is 2. The summed E-state index contributed by atoms with van der Waals surface area (Å²) < 4.78 is 25.1. The van der Waals surface area contributed by atoms with Crippen molar-refractivity contribution in [3.63, 3.8) is 0 Å². The molecule has 0 spiro atoms. The summed E-state index contributed by atoms with van der Waals surface area (Å²) >= 11 is 0. The first-order chi connectivity index (χ1) is 8.50. The Hall–Kier alpha value is -1.56. The summed E-state index contributed by atoms with van der Waals surface area (Å²) in [5.74, 6) is -0.0842. The van der Waals surface area contributed by atoms with Gasteiger partial charge in [0.05, 0.1) is 5.75 Å². The number of carbonyl (C=O) groups excluding carboxylic acids is 1. The molecular weight excluding hydrogens is 252 g/mol. The number of anilines is 1. The first-order valence-corrected chi connectivity index (χ1v) is 7.57. The van der Waals surface area contributed by atoms with Crippen LogP contribution in [0.5, 0.6) is 0 Å². The van der Waals surface area contributed by atoms with Gasteiger partial charge in [-0.3, -0.25) is 9.52 Å². The molecule has 1 aliphatic rings. The monoisotopic (exact) mass is 268 g/mol. The van der Waals surface area contributed by atoms with Crippen molar-refractivity contribution in [2.24, 2.45) is 0 Å². The van der Waals surface area contributed by atoms with Gasteiger partial charge in [-0.2, -0.15) is 0 Å². The van der Waals surface area contributed by atoms with Gasteiger partial charge in [-0.25, -0.2) is 8.42 Å². The molecule has 98 valence electrons. The van der Waals surface area contributed by atoms with Crippen LogP contribution in [0.1, 0.15) is 30.1 Å². The van der Waals surface area contributed by atoms with E-state index in [0.29, 0.717) is 17.3 Å². The number of sulfonamides is 1. The zero-order chi connectivity index (χ0) is 13.2. The highest BCUT2D eigenvalue weighted by atomic mass is 32.2. The normalized spacial score (nSPS) is 15.2. The van der Waals surface area contributed by atoms with Crippen LogP contribution >= 0.6 is 0 Å². The predicted octanol–water partition coefficient (Wildman–Crippen LogP) is 1.34. The van der Waals surface area contributed by atoms with E-state index in [-0.39, 0.29) is 11.7 Å². The van der Waals surface area contributed by atoms with E-state index in [1.165, 1.54) is 0 Å². The molecule has 0 saturated heterocycles. The van der Waals surface area contributed by atoms with Gasteiger partial charge >= 0.3 is 0 Å². The summed E-state index contributed by atoms with van der Waals surface area (Å²) in [6.07, 6.45) is 2.08. The van der Waals surface area contributed by atoms with Gasteiger partial charge in [0, 0.05) is 17.3 Å². The third kappa shape index (κ3) is 3.46. The maximum atomic E-state index is 11.7. The topological polar surface area (TPSA) is 75.3 Å². The second-order valence-electron chi connectivity index (χ2n) is 4.33. The lowest BCUT2D eigenvalue weighted by molar-refractivity contribution is 0.0951. The molecule has 0 radical (unpaired) electrons. The summed E-state index contributed by atoms with van der Waals surface area (Å²) in [5.41, 5.74) is 1.01. The number of hydrogen-bond donors (Lipinski definition) is 2. The van der Waals surface area contributed by atoms with Crippen LogP contribution in [0.3, 0.4) is 0 Å². The summed E-state index contributed by atoms with van der Waals surface area (Å²) in [6.45, 7) is 1.57. The summed E-state index contributed by atoms with van der Waals surface area (Å²) in [7, 11) is -3.27. The van der Waals surface area contributed by atoms with Crippen LogP contribution < -0.4 is 10.0 Å². The average molecular weight is 268 g/mol. The number of benzene rings is 1. The van der Waals surface area contributed by atoms with Crippen LogP contribution in [0.25, 0.3) is 0 Å². The van der Waals surface area contributed by atoms with Gasteiger partial charge in [-0.1, -0.05) is 0 Å². The van der Waals surface area contributed by atoms with Crippen LogP contribution in [-0.4, -0.2) is 26.1 Å². The molecule has 0 unspecified atom stereocenters. The van der Waals surface area contributed by atoms with Crippen molar-refractivity contribution in [1.29, 1.82) is 0 Å². The maximum absolute atomic E-state index is 11.7. The van der Waals surface area contributed by atoms with Crippen LogP contribution in [-0.2, 0) is 10.0 Å². The highest BCUT2D eigenvalue weighted by molar-refractivity contribution is 7.92. The molecule has 0 aromatic heterocycles. The van der Waals surface area contributed by atoms with Crippen molar-refractivity contribution < 1.29 is 13.2 Å². The van der Waals surface area contributed by atoms with Gasteiger partial charge in [0.15, 0.2) is 0 Å². The molecule has 1 amide bonds. The Morgan fingerprint density at radius 3 is 2.39 bits per heavy atom. The van der Waals surface area contributed by atoms with Crippen LogP contribution in [0.2, 0.25) is 0 Å². The molecule has 6 heteroatoms. The lowest BCUT2D eigenvalue weighted by Crippen LogP contribution is -2.25. The zero-order valence-corrected chi connectivity index (χ0v) is 11.0. The Balaban J connectivity index is 2.02. The van der Waals surface area contributed by atoms with Crippen molar-refractivity contribution in [1.82, 2.24) is 5.32 Å². The minimum Gasteiger partial charge on any atom is -0.349 e. The average Bonchev–Trinajstić information content (AvgIpc) is 3.13. The predicted molar refractivity (Wildman–Crippen MR) is 70.0 cm³/mol. The minimum atomic E-state index is -3.27. The maximum Gasteiger partial charge on any atom is 0.251 e. The Morgan fingerprint density at radius 1 is 1.28 bits per heavy atom. The Bertz CT molecular complexity index is 533. The molecule has 1 fully saturated rings. The Morgan fingerprint density at radius 2 is 1.89 bits per heavy atom. The fourth-order valence-corrected chi connectivity index (χ4v) is 2.08. The molecule has 2 rings (SSSR count). The minimum absolute atomic E-state index is 0.0247. The summed E-state index contributed by atoms with van der Waals surface area (Å²) in [6, 6.07) is 6.73. The first kappa shape index (κ1) is 12.9. The molecule has 1 aliphatic carbocycles. The molecule has 2 N–H and O–H groups in total. The van der Waals surface area contributed by atoms with Gasteiger partial charge in [0.25, 0.3) is 5.91 Å². The van der Waals surface area contributed by atoms with Crippen molar-refractivity contribution in [3.05, 3.63) is 29.8 Å². The molecule has 0 atom stereocenters.